The molecule has 0 heterocycles. The lowest BCUT2D eigenvalue weighted by molar-refractivity contribution is 0.194. The normalized spacial score (nSPS) is 14.8. The van der Waals surface area contributed by atoms with E-state index in [0.717, 1.165) is 13.1 Å². The van der Waals surface area contributed by atoms with Crippen LogP contribution in [0.5, 0.6) is 0 Å². The Morgan fingerprint density at radius 2 is 1.89 bits per heavy atom. The van der Waals surface area contributed by atoms with Crippen molar-refractivity contribution in [3.63, 3.8) is 0 Å². The molecule has 1 N–H and O–H groups in total. The van der Waals surface area contributed by atoms with Crippen LogP contribution in [0.1, 0.15) is 44.4 Å². The van der Waals surface area contributed by atoms with Crippen LogP contribution >= 0.6 is 0 Å². The van der Waals surface area contributed by atoms with Crippen LogP contribution in [0.15, 0.2) is 24.3 Å². The minimum absolute atomic E-state index is 0.417. The van der Waals surface area contributed by atoms with Crippen molar-refractivity contribution in [2.24, 2.45) is 0 Å². The fraction of sp³-hybridized carbons (Fsp3) is 0.625. The maximum Gasteiger partial charge on any atom is 0.0449 e. The molecular formula is C16H28N2. The maximum atomic E-state index is 3.46. The van der Waals surface area contributed by atoms with E-state index in [1.165, 1.54) is 17.5 Å². The van der Waals surface area contributed by atoms with Gasteiger partial charge in [-0.15, -0.1) is 0 Å². The lowest BCUT2D eigenvalue weighted by Gasteiger charge is -2.31. The van der Waals surface area contributed by atoms with Crippen LogP contribution in [-0.4, -0.2) is 31.1 Å². The number of hydrogen-bond acceptors (Lipinski definition) is 2. The highest BCUT2D eigenvalue weighted by molar-refractivity contribution is 5.29. The first kappa shape index (κ1) is 15.2. The van der Waals surface area contributed by atoms with Crippen LogP contribution in [0.3, 0.4) is 0 Å². The molecule has 102 valence electrons. The molecule has 1 aromatic carbocycles. The molecule has 0 saturated carbocycles. The van der Waals surface area contributed by atoms with Crippen LogP contribution in [-0.2, 0) is 0 Å². The predicted molar refractivity (Wildman–Crippen MR) is 80.0 cm³/mol. The van der Waals surface area contributed by atoms with Gasteiger partial charge in [-0.05, 0) is 45.0 Å². The summed E-state index contributed by atoms with van der Waals surface area (Å²) < 4.78 is 0. The molecule has 1 rings (SSSR count). The largest absolute Gasteiger partial charge is 0.312 e. The third-order valence-corrected chi connectivity index (χ3v) is 3.95. The number of likely N-dealkylation sites (N-methyl/N-ethyl adjacent to an activating group) is 2. The molecule has 0 radical (unpaired) electrons. The Kier molecular flexibility index (Phi) is 6.37. The van der Waals surface area contributed by atoms with Crippen LogP contribution in [0.4, 0.5) is 0 Å². The summed E-state index contributed by atoms with van der Waals surface area (Å²) in [6.45, 7) is 11.2. The van der Waals surface area contributed by atoms with Gasteiger partial charge in [0, 0.05) is 18.6 Å². The first-order valence-corrected chi connectivity index (χ1v) is 7.10. The van der Waals surface area contributed by atoms with E-state index >= 15 is 0 Å². The molecule has 0 bridgehead atoms. The highest BCUT2D eigenvalue weighted by Crippen LogP contribution is 2.19. The van der Waals surface area contributed by atoms with Crippen LogP contribution < -0.4 is 5.32 Å². The highest BCUT2D eigenvalue weighted by atomic mass is 15.2. The smallest absolute Gasteiger partial charge is 0.0449 e. The monoisotopic (exact) mass is 248 g/mol. The van der Waals surface area contributed by atoms with E-state index in [-0.39, 0.29) is 0 Å². The summed E-state index contributed by atoms with van der Waals surface area (Å²) in [5.41, 5.74) is 2.79. The standard InChI is InChI=1S/C16H28N2/c1-6-14(4)18(7-2)12-16(17-5)15-11-9-8-10-13(15)3/h8-11,14,16-17H,6-7,12H2,1-5H3. The van der Waals surface area contributed by atoms with Gasteiger partial charge in [-0.1, -0.05) is 38.1 Å². The third kappa shape index (κ3) is 3.82. The zero-order valence-electron chi connectivity index (χ0n) is 12.5. The van der Waals surface area contributed by atoms with Gasteiger partial charge in [0.15, 0.2) is 0 Å². The second-order valence-corrected chi connectivity index (χ2v) is 5.04. The molecule has 1 aromatic rings. The predicted octanol–water partition coefficient (Wildman–Crippen LogP) is 3.38. The molecule has 2 unspecified atom stereocenters. The van der Waals surface area contributed by atoms with Crippen molar-refractivity contribution in [1.29, 1.82) is 0 Å². The first-order valence-electron chi connectivity index (χ1n) is 7.10. The van der Waals surface area contributed by atoms with Crippen molar-refractivity contribution in [2.45, 2.75) is 46.2 Å². The van der Waals surface area contributed by atoms with Gasteiger partial charge in [-0.2, -0.15) is 0 Å². The molecule has 0 saturated heterocycles. The summed E-state index contributed by atoms with van der Waals surface area (Å²) >= 11 is 0. The van der Waals surface area contributed by atoms with Crippen molar-refractivity contribution in [3.8, 4) is 0 Å². The molecule has 0 aliphatic carbocycles. The van der Waals surface area contributed by atoms with E-state index in [1.54, 1.807) is 0 Å². The van der Waals surface area contributed by atoms with Gasteiger partial charge >= 0.3 is 0 Å². The average molecular weight is 248 g/mol. The van der Waals surface area contributed by atoms with Crippen molar-refractivity contribution in [1.82, 2.24) is 10.2 Å². The zero-order chi connectivity index (χ0) is 13.5. The molecule has 2 heteroatoms. The highest BCUT2D eigenvalue weighted by Gasteiger charge is 2.17. The number of nitrogens with zero attached hydrogens (tertiary/aromatic N) is 1. The molecule has 2 atom stereocenters. The molecule has 0 spiro atoms. The lowest BCUT2D eigenvalue weighted by atomic mass is 10.0. The van der Waals surface area contributed by atoms with Gasteiger partial charge in [0.05, 0.1) is 0 Å². The van der Waals surface area contributed by atoms with Crippen LogP contribution in [0.2, 0.25) is 0 Å². The van der Waals surface area contributed by atoms with E-state index in [4.69, 9.17) is 0 Å². The number of aryl methyl sites for hydroxylation is 1. The fourth-order valence-corrected chi connectivity index (χ4v) is 2.44. The fourth-order valence-electron chi connectivity index (χ4n) is 2.44. The van der Waals surface area contributed by atoms with Crippen molar-refractivity contribution < 1.29 is 0 Å². The summed E-state index contributed by atoms with van der Waals surface area (Å²) in [7, 11) is 2.06. The quantitative estimate of drug-likeness (QED) is 0.796. The Bertz CT molecular complexity index is 349. The number of nitrogens with one attached hydrogen (secondary N) is 1. The molecule has 0 fully saturated rings. The van der Waals surface area contributed by atoms with E-state index in [0.29, 0.717) is 12.1 Å². The van der Waals surface area contributed by atoms with Crippen molar-refractivity contribution in [3.05, 3.63) is 35.4 Å². The van der Waals surface area contributed by atoms with E-state index in [1.807, 2.05) is 0 Å². The molecule has 0 aliphatic heterocycles. The summed E-state index contributed by atoms with van der Waals surface area (Å²) in [5, 5.41) is 3.46. The zero-order valence-corrected chi connectivity index (χ0v) is 12.5. The van der Waals surface area contributed by atoms with Crippen molar-refractivity contribution in [2.75, 3.05) is 20.1 Å². The minimum atomic E-state index is 0.417. The van der Waals surface area contributed by atoms with Gasteiger partial charge in [0.1, 0.15) is 0 Å². The molecule has 0 aliphatic rings. The number of rotatable bonds is 7. The second-order valence-electron chi connectivity index (χ2n) is 5.04. The first-order chi connectivity index (χ1) is 8.63. The lowest BCUT2D eigenvalue weighted by Crippen LogP contribution is -2.39. The maximum absolute atomic E-state index is 3.46. The number of hydrogen-bond donors (Lipinski definition) is 1. The Morgan fingerprint density at radius 3 is 2.39 bits per heavy atom. The van der Waals surface area contributed by atoms with Gasteiger partial charge in [-0.3, -0.25) is 4.90 Å². The summed E-state index contributed by atoms with van der Waals surface area (Å²) in [6.07, 6.45) is 1.21. The Labute approximate surface area is 112 Å². The molecule has 2 nitrogen and oxygen atoms in total. The van der Waals surface area contributed by atoms with E-state index < -0.39 is 0 Å². The van der Waals surface area contributed by atoms with Crippen molar-refractivity contribution >= 4 is 0 Å². The topological polar surface area (TPSA) is 15.3 Å². The average Bonchev–Trinajstić information content (AvgIpc) is 2.40. The number of benzene rings is 1. The summed E-state index contributed by atoms with van der Waals surface area (Å²) in [5.74, 6) is 0. The minimum Gasteiger partial charge on any atom is -0.312 e. The molecule has 18 heavy (non-hydrogen) atoms. The van der Waals surface area contributed by atoms with Gasteiger partial charge in [0.25, 0.3) is 0 Å². The van der Waals surface area contributed by atoms with Crippen LogP contribution in [0, 0.1) is 6.92 Å². The Morgan fingerprint density at radius 1 is 1.22 bits per heavy atom. The molecule has 0 aromatic heterocycles. The second kappa shape index (κ2) is 7.55. The Balaban J connectivity index is 2.81. The van der Waals surface area contributed by atoms with E-state index in [2.05, 4.69) is 69.2 Å². The summed E-state index contributed by atoms with van der Waals surface area (Å²) in [4.78, 5) is 2.55. The Hall–Kier alpha value is -0.860. The van der Waals surface area contributed by atoms with Gasteiger partial charge in [-0.25, -0.2) is 0 Å². The van der Waals surface area contributed by atoms with Gasteiger partial charge in [0.2, 0.25) is 0 Å². The SMILES string of the molecule is CCC(C)N(CC)CC(NC)c1ccccc1C. The summed E-state index contributed by atoms with van der Waals surface area (Å²) in [6, 6.07) is 9.74. The molecule has 0 amide bonds. The van der Waals surface area contributed by atoms with Gasteiger partial charge < -0.3 is 5.32 Å². The van der Waals surface area contributed by atoms with E-state index in [9.17, 15) is 0 Å². The third-order valence-electron chi connectivity index (χ3n) is 3.95. The molecular weight excluding hydrogens is 220 g/mol. The van der Waals surface area contributed by atoms with Crippen LogP contribution in [0.25, 0.3) is 0 Å².